The van der Waals surface area contributed by atoms with Gasteiger partial charge < -0.3 is 10.2 Å². The molecule has 1 fully saturated rings. The van der Waals surface area contributed by atoms with E-state index in [1.54, 1.807) is 12.1 Å². The van der Waals surface area contributed by atoms with Gasteiger partial charge in [-0.25, -0.2) is 9.37 Å². The van der Waals surface area contributed by atoms with Crippen molar-refractivity contribution < 1.29 is 24.2 Å². The van der Waals surface area contributed by atoms with E-state index in [2.05, 4.69) is 4.98 Å². The number of Topliss-reactive ketones (excluding diaryl/α,β-unsaturated/α-hetero) is 1. The first-order chi connectivity index (χ1) is 15.8. The number of aromatic hydroxyl groups is 1. The van der Waals surface area contributed by atoms with Crippen molar-refractivity contribution in [2.75, 3.05) is 4.90 Å². The van der Waals surface area contributed by atoms with E-state index >= 15 is 0 Å². The van der Waals surface area contributed by atoms with Crippen molar-refractivity contribution in [2.24, 2.45) is 0 Å². The Morgan fingerprint density at radius 2 is 1.73 bits per heavy atom. The molecule has 0 radical (unpaired) electrons. The van der Waals surface area contributed by atoms with Gasteiger partial charge in [0.1, 0.15) is 17.3 Å². The average Bonchev–Trinajstić information content (AvgIpc) is 3.32. The molecule has 1 unspecified atom stereocenters. The van der Waals surface area contributed by atoms with E-state index in [1.807, 2.05) is 25.1 Å². The number of halogens is 1. The molecule has 8 heteroatoms. The number of aromatic nitrogens is 1. The van der Waals surface area contributed by atoms with E-state index < -0.39 is 29.3 Å². The molecule has 2 heterocycles. The third-order valence-electron chi connectivity index (χ3n) is 5.51. The van der Waals surface area contributed by atoms with Gasteiger partial charge in [0.25, 0.3) is 5.78 Å². The molecule has 6 nitrogen and oxygen atoms in total. The van der Waals surface area contributed by atoms with E-state index in [9.17, 15) is 24.2 Å². The van der Waals surface area contributed by atoms with Crippen LogP contribution in [-0.4, -0.2) is 26.9 Å². The number of aliphatic hydroxyl groups is 1. The predicted octanol–water partition coefficient (Wildman–Crippen LogP) is 5.08. The number of aliphatic hydroxyl groups excluding tert-OH is 1. The van der Waals surface area contributed by atoms with Gasteiger partial charge in [-0.2, -0.15) is 0 Å². The van der Waals surface area contributed by atoms with Crippen LogP contribution in [0.2, 0.25) is 0 Å². The fourth-order valence-electron chi connectivity index (χ4n) is 3.89. The van der Waals surface area contributed by atoms with Crippen LogP contribution in [0, 0.1) is 12.7 Å². The Hall–Kier alpha value is -4.04. The number of nitrogens with zero attached hydrogens (tertiary/aromatic N) is 2. The molecule has 0 bridgehead atoms. The van der Waals surface area contributed by atoms with Gasteiger partial charge in [0, 0.05) is 5.56 Å². The van der Waals surface area contributed by atoms with E-state index in [0.717, 1.165) is 22.4 Å². The Morgan fingerprint density at radius 3 is 2.42 bits per heavy atom. The van der Waals surface area contributed by atoms with Crippen LogP contribution < -0.4 is 4.90 Å². The van der Waals surface area contributed by atoms with Gasteiger partial charge in [-0.3, -0.25) is 14.5 Å². The van der Waals surface area contributed by atoms with E-state index in [0.29, 0.717) is 16.2 Å². The second-order valence-electron chi connectivity index (χ2n) is 7.74. The Morgan fingerprint density at radius 1 is 1.03 bits per heavy atom. The normalized spacial score (nSPS) is 17.8. The summed E-state index contributed by atoms with van der Waals surface area (Å²) in [5.74, 6) is -2.58. The van der Waals surface area contributed by atoms with Gasteiger partial charge in [-0.15, -0.1) is 0 Å². The molecule has 1 aromatic heterocycles. The summed E-state index contributed by atoms with van der Waals surface area (Å²) < 4.78 is 14.3. The molecule has 0 spiro atoms. The number of phenols is 1. The number of fused-ring (bicyclic) bond motifs is 1. The number of aryl methyl sites for hydroxylation is 1. The second-order valence-corrected chi connectivity index (χ2v) is 8.74. The van der Waals surface area contributed by atoms with Crippen molar-refractivity contribution in [3.8, 4) is 5.75 Å². The summed E-state index contributed by atoms with van der Waals surface area (Å²) in [5.41, 5.74) is 2.30. The molecule has 2 N–H and O–H groups in total. The monoisotopic (exact) mass is 460 g/mol. The fourth-order valence-corrected chi connectivity index (χ4v) is 4.98. The molecule has 1 aliphatic heterocycles. The van der Waals surface area contributed by atoms with Crippen molar-refractivity contribution in [1.29, 1.82) is 0 Å². The lowest BCUT2D eigenvalue weighted by molar-refractivity contribution is -0.132. The molecule has 164 valence electrons. The quantitative estimate of drug-likeness (QED) is 0.253. The van der Waals surface area contributed by atoms with Gasteiger partial charge in [0.2, 0.25) is 0 Å². The van der Waals surface area contributed by atoms with Crippen LogP contribution in [0.3, 0.4) is 0 Å². The average molecular weight is 460 g/mol. The first kappa shape index (κ1) is 20.8. The number of amides is 1. The zero-order chi connectivity index (χ0) is 23.3. The lowest BCUT2D eigenvalue weighted by atomic mass is 9.95. The number of phenolic OH excluding ortho intramolecular Hbond substituents is 1. The molecule has 0 saturated carbocycles. The summed E-state index contributed by atoms with van der Waals surface area (Å²) in [6.07, 6.45) is 0. The van der Waals surface area contributed by atoms with Gasteiger partial charge >= 0.3 is 5.91 Å². The van der Waals surface area contributed by atoms with Gasteiger partial charge in [0.05, 0.1) is 21.8 Å². The minimum absolute atomic E-state index is 0.0182. The summed E-state index contributed by atoms with van der Waals surface area (Å²) >= 11 is 1.27. The highest BCUT2D eigenvalue weighted by molar-refractivity contribution is 7.22. The minimum atomic E-state index is -0.975. The smallest absolute Gasteiger partial charge is 0.301 e. The van der Waals surface area contributed by atoms with Crippen LogP contribution in [0.5, 0.6) is 5.75 Å². The maximum absolute atomic E-state index is 13.4. The first-order valence-electron chi connectivity index (χ1n) is 10.1. The van der Waals surface area contributed by atoms with Crippen molar-refractivity contribution in [1.82, 2.24) is 4.98 Å². The van der Waals surface area contributed by atoms with E-state index in [-0.39, 0.29) is 16.9 Å². The lowest BCUT2D eigenvalue weighted by Crippen LogP contribution is -2.29. The molecule has 1 saturated heterocycles. The first-order valence-corrected chi connectivity index (χ1v) is 10.9. The molecule has 33 heavy (non-hydrogen) atoms. The van der Waals surface area contributed by atoms with Crippen LogP contribution in [0.1, 0.15) is 22.7 Å². The number of anilines is 1. The van der Waals surface area contributed by atoms with Gasteiger partial charge in [0.15, 0.2) is 5.13 Å². The Balaban J connectivity index is 1.73. The topological polar surface area (TPSA) is 90.7 Å². The minimum Gasteiger partial charge on any atom is -0.508 e. The Bertz CT molecular complexity index is 1440. The number of benzene rings is 3. The number of carbonyl (C=O) groups is 2. The molecule has 3 aromatic carbocycles. The maximum atomic E-state index is 13.4. The van der Waals surface area contributed by atoms with Crippen LogP contribution >= 0.6 is 11.3 Å². The van der Waals surface area contributed by atoms with Gasteiger partial charge in [-0.05, 0) is 66.6 Å². The zero-order valence-electron chi connectivity index (χ0n) is 17.3. The summed E-state index contributed by atoms with van der Waals surface area (Å²) in [6.45, 7) is 1.95. The molecule has 1 amide bonds. The van der Waals surface area contributed by atoms with Crippen LogP contribution in [-0.2, 0) is 9.59 Å². The highest BCUT2D eigenvalue weighted by Crippen LogP contribution is 2.44. The lowest BCUT2D eigenvalue weighted by Gasteiger charge is -2.23. The molecule has 5 rings (SSSR count). The molecule has 1 aliphatic rings. The summed E-state index contributed by atoms with van der Waals surface area (Å²) in [7, 11) is 0. The van der Waals surface area contributed by atoms with Crippen molar-refractivity contribution >= 4 is 44.1 Å². The van der Waals surface area contributed by atoms with Crippen molar-refractivity contribution in [2.45, 2.75) is 13.0 Å². The third-order valence-corrected chi connectivity index (χ3v) is 6.53. The summed E-state index contributed by atoms with van der Waals surface area (Å²) in [6, 6.07) is 15.8. The third kappa shape index (κ3) is 3.54. The Labute approximate surface area is 191 Å². The standard InChI is InChI=1S/C25H17FN2O4S/c1-13-2-11-18-19(12-13)33-25(27-18)28-21(14-5-9-17(29)10-6-14)20(23(31)24(28)32)22(30)15-3-7-16(26)8-4-15/h2-12,21,29-30H,1H3/b22-20+. The zero-order valence-corrected chi connectivity index (χ0v) is 18.1. The molecule has 1 atom stereocenters. The number of thiazole rings is 1. The van der Waals surface area contributed by atoms with E-state index in [4.69, 9.17) is 0 Å². The van der Waals surface area contributed by atoms with Crippen LogP contribution in [0.25, 0.3) is 16.0 Å². The summed E-state index contributed by atoms with van der Waals surface area (Å²) in [4.78, 5) is 32.2. The number of rotatable bonds is 3. The highest BCUT2D eigenvalue weighted by Gasteiger charge is 2.48. The Kier molecular flexibility index (Phi) is 4.94. The fraction of sp³-hybridized carbons (Fsp3) is 0.0800. The molecular weight excluding hydrogens is 443 g/mol. The predicted molar refractivity (Wildman–Crippen MR) is 124 cm³/mol. The molecule has 4 aromatic rings. The number of ketones is 1. The summed E-state index contributed by atoms with van der Waals surface area (Å²) in [5, 5.41) is 21.1. The number of hydrogen-bond acceptors (Lipinski definition) is 6. The molecule has 0 aliphatic carbocycles. The van der Waals surface area contributed by atoms with Crippen molar-refractivity contribution in [3.05, 3.63) is 94.8 Å². The van der Waals surface area contributed by atoms with E-state index in [1.165, 1.54) is 40.5 Å². The number of hydrogen-bond donors (Lipinski definition) is 2. The SMILES string of the molecule is Cc1ccc2nc(N3C(=O)C(=O)/C(=C(/O)c4ccc(F)cc4)C3c3ccc(O)cc3)sc2c1. The largest absolute Gasteiger partial charge is 0.508 e. The van der Waals surface area contributed by atoms with Crippen molar-refractivity contribution in [3.63, 3.8) is 0 Å². The maximum Gasteiger partial charge on any atom is 0.301 e. The molecular formula is C25H17FN2O4S. The highest BCUT2D eigenvalue weighted by atomic mass is 32.1. The van der Waals surface area contributed by atoms with Crippen LogP contribution in [0.4, 0.5) is 9.52 Å². The second kappa shape index (κ2) is 7.83. The van der Waals surface area contributed by atoms with Crippen LogP contribution in [0.15, 0.2) is 72.3 Å². The number of carbonyl (C=O) groups excluding carboxylic acids is 2. The van der Waals surface area contributed by atoms with Gasteiger partial charge in [-0.1, -0.05) is 29.5 Å².